The van der Waals surface area contributed by atoms with Crippen LogP contribution in [0.1, 0.15) is 37.3 Å². The van der Waals surface area contributed by atoms with E-state index < -0.39 is 12.6 Å². The Bertz CT molecular complexity index is 362. The van der Waals surface area contributed by atoms with Crippen LogP contribution in [0.4, 0.5) is 13.2 Å². The van der Waals surface area contributed by atoms with Crippen LogP contribution in [0, 0.1) is 0 Å². The first kappa shape index (κ1) is 12.8. The Morgan fingerprint density at radius 2 is 1.94 bits per heavy atom. The highest BCUT2D eigenvalue weighted by molar-refractivity contribution is 5.50. The molecule has 0 aliphatic rings. The van der Waals surface area contributed by atoms with Gasteiger partial charge in [-0.1, -0.05) is 50.3 Å². The third-order valence-electron chi connectivity index (χ3n) is 2.24. The van der Waals surface area contributed by atoms with Crippen LogP contribution < -0.4 is 0 Å². The van der Waals surface area contributed by atoms with Gasteiger partial charge in [0, 0.05) is 0 Å². The summed E-state index contributed by atoms with van der Waals surface area (Å²) in [5.74, 6) is 0.385. The molecule has 0 aliphatic carbocycles. The Kier molecular flexibility index (Phi) is 4.16. The highest BCUT2D eigenvalue weighted by Crippen LogP contribution is 2.21. The Hall–Kier alpha value is -1.25. The normalized spacial score (nSPS) is 12.6. The Labute approximate surface area is 93.8 Å². The van der Waals surface area contributed by atoms with Crippen molar-refractivity contribution in [2.75, 3.05) is 0 Å². The average Bonchev–Trinajstić information content (AvgIpc) is 2.16. The number of allylic oxidation sites excluding steroid dienone is 1. The van der Waals surface area contributed by atoms with Crippen LogP contribution >= 0.6 is 0 Å². The number of halogens is 3. The Balaban J connectivity index is 2.71. The zero-order valence-electron chi connectivity index (χ0n) is 9.38. The average molecular weight is 228 g/mol. The molecule has 0 bridgehead atoms. The smallest absolute Gasteiger partial charge is 0.171 e. The Morgan fingerprint density at radius 3 is 2.50 bits per heavy atom. The SMILES string of the molecule is CC(C)c1cccc(C=CCC(F)(F)F)c1. The molecular weight excluding hydrogens is 213 g/mol. The van der Waals surface area contributed by atoms with Gasteiger partial charge in [0.1, 0.15) is 0 Å². The predicted octanol–water partition coefficient (Wildman–Crippen LogP) is 4.78. The van der Waals surface area contributed by atoms with Gasteiger partial charge in [0.25, 0.3) is 0 Å². The summed E-state index contributed by atoms with van der Waals surface area (Å²) in [6, 6.07) is 7.56. The van der Waals surface area contributed by atoms with E-state index in [9.17, 15) is 13.2 Å². The predicted molar refractivity (Wildman–Crippen MR) is 60.2 cm³/mol. The van der Waals surface area contributed by atoms with Gasteiger partial charge in [0.2, 0.25) is 0 Å². The van der Waals surface area contributed by atoms with E-state index in [2.05, 4.69) is 13.8 Å². The minimum absolute atomic E-state index is 0.385. The molecule has 3 heteroatoms. The maximum atomic E-state index is 11.9. The van der Waals surface area contributed by atoms with Crippen molar-refractivity contribution in [3.05, 3.63) is 41.5 Å². The molecule has 0 aromatic heterocycles. The molecule has 0 atom stereocenters. The number of hydrogen-bond donors (Lipinski definition) is 0. The van der Waals surface area contributed by atoms with Crippen molar-refractivity contribution < 1.29 is 13.2 Å². The van der Waals surface area contributed by atoms with Crippen LogP contribution in [0.25, 0.3) is 6.08 Å². The van der Waals surface area contributed by atoms with Gasteiger partial charge in [0.15, 0.2) is 0 Å². The molecule has 0 saturated carbocycles. The number of alkyl halides is 3. The summed E-state index contributed by atoms with van der Waals surface area (Å²) in [6.45, 7) is 4.11. The van der Waals surface area contributed by atoms with Crippen LogP contribution in [0.15, 0.2) is 30.3 Å². The van der Waals surface area contributed by atoms with Crippen molar-refractivity contribution in [3.63, 3.8) is 0 Å². The van der Waals surface area contributed by atoms with Crippen molar-refractivity contribution in [2.45, 2.75) is 32.4 Å². The molecule has 0 unspecified atom stereocenters. The molecule has 88 valence electrons. The lowest BCUT2D eigenvalue weighted by molar-refractivity contribution is -0.124. The summed E-state index contributed by atoms with van der Waals surface area (Å²) in [5.41, 5.74) is 1.95. The molecule has 0 nitrogen and oxygen atoms in total. The van der Waals surface area contributed by atoms with Crippen LogP contribution in [-0.4, -0.2) is 6.18 Å². The van der Waals surface area contributed by atoms with Crippen LogP contribution in [0.2, 0.25) is 0 Å². The van der Waals surface area contributed by atoms with Gasteiger partial charge in [-0.3, -0.25) is 0 Å². The van der Waals surface area contributed by atoms with Gasteiger partial charge in [-0.2, -0.15) is 13.2 Å². The first-order valence-electron chi connectivity index (χ1n) is 5.22. The summed E-state index contributed by atoms with van der Waals surface area (Å²) in [7, 11) is 0. The zero-order chi connectivity index (χ0) is 12.2. The minimum atomic E-state index is -4.12. The van der Waals surface area contributed by atoms with Crippen LogP contribution in [0.3, 0.4) is 0 Å². The number of hydrogen-bond acceptors (Lipinski definition) is 0. The van der Waals surface area contributed by atoms with E-state index in [4.69, 9.17) is 0 Å². The van der Waals surface area contributed by atoms with Gasteiger partial charge >= 0.3 is 6.18 Å². The summed E-state index contributed by atoms with van der Waals surface area (Å²) in [5, 5.41) is 0. The fourth-order valence-electron chi connectivity index (χ4n) is 1.35. The van der Waals surface area contributed by atoms with Gasteiger partial charge in [0.05, 0.1) is 6.42 Å². The Morgan fingerprint density at radius 1 is 1.25 bits per heavy atom. The first-order chi connectivity index (χ1) is 7.38. The summed E-state index contributed by atoms with van der Waals surface area (Å²) in [6.07, 6.45) is -2.33. The molecule has 0 fully saturated rings. The molecule has 0 aliphatic heterocycles. The lowest BCUT2D eigenvalue weighted by Crippen LogP contribution is -2.03. The fraction of sp³-hybridized carbons (Fsp3) is 0.385. The van der Waals surface area contributed by atoms with Crippen molar-refractivity contribution in [3.8, 4) is 0 Å². The second kappa shape index (κ2) is 5.19. The molecule has 1 aromatic carbocycles. The van der Waals surface area contributed by atoms with Crippen LogP contribution in [-0.2, 0) is 0 Å². The lowest BCUT2D eigenvalue weighted by Gasteiger charge is -2.05. The van der Waals surface area contributed by atoms with Crippen molar-refractivity contribution >= 4 is 6.08 Å². The first-order valence-corrected chi connectivity index (χ1v) is 5.22. The van der Waals surface area contributed by atoms with E-state index in [0.29, 0.717) is 5.92 Å². The molecule has 0 radical (unpaired) electrons. The molecule has 0 amide bonds. The summed E-state index contributed by atoms with van der Waals surface area (Å²) in [4.78, 5) is 0. The second-order valence-corrected chi connectivity index (χ2v) is 4.05. The number of rotatable bonds is 3. The second-order valence-electron chi connectivity index (χ2n) is 4.05. The molecule has 1 aromatic rings. The molecule has 0 heterocycles. The largest absolute Gasteiger partial charge is 0.392 e. The molecule has 1 rings (SSSR count). The van der Waals surface area contributed by atoms with Gasteiger partial charge in [-0.05, 0) is 17.0 Å². The lowest BCUT2D eigenvalue weighted by atomic mass is 10.0. The fourth-order valence-corrected chi connectivity index (χ4v) is 1.35. The molecule has 0 N–H and O–H groups in total. The molecular formula is C13H15F3. The van der Waals surface area contributed by atoms with Crippen molar-refractivity contribution in [2.24, 2.45) is 0 Å². The van der Waals surface area contributed by atoms with Crippen LogP contribution in [0.5, 0.6) is 0 Å². The van der Waals surface area contributed by atoms with Crippen molar-refractivity contribution in [1.82, 2.24) is 0 Å². The molecule has 0 spiro atoms. The van der Waals surface area contributed by atoms with Gasteiger partial charge in [-0.15, -0.1) is 0 Å². The zero-order valence-corrected chi connectivity index (χ0v) is 9.38. The molecule has 16 heavy (non-hydrogen) atoms. The maximum absolute atomic E-state index is 11.9. The van der Waals surface area contributed by atoms with E-state index in [-0.39, 0.29) is 0 Å². The highest BCUT2D eigenvalue weighted by Gasteiger charge is 2.24. The standard InChI is InChI=1S/C13H15F3/c1-10(2)12-7-3-5-11(9-12)6-4-8-13(14,15)16/h3-7,9-10H,8H2,1-2H3. The number of benzene rings is 1. The third kappa shape index (κ3) is 4.51. The van der Waals surface area contributed by atoms with Crippen molar-refractivity contribution in [1.29, 1.82) is 0 Å². The van der Waals surface area contributed by atoms with Gasteiger partial charge < -0.3 is 0 Å². The van der Waals surface area contributed by atoms with E-state index in [1.807, 2.05) is 18.2 Å². The third-order valence-corrected chi connectivity index (χ3v) is 2.24. The van der Waals surface area contributed by atoms with E-state index >= 15 is 0 Å². The van der Waals surface area contributed by atoms with Gasteiger partial charge in [-0.25, -0.2) is 0 Å². The minimum Gasteiger partial charge on any atom is -0.171 e. The quantitative estimate of drug-likeness (QED) is 0.698. The monoisotopic (exact) mass is 228 g/mol. The maximum Gasteiger partial charge on any atom is 0.392 e. The van der Waals surface area contributed by atoms with E-state index in [1.54, 1.807) is 6.07 Å². The van der Waals surface area contributed by atoms with E-state index in [0.717, 1.165) is 17.2 Å². The topological polar surface area (TPSA) is 0 Å². The summed E-state index contributed by atoms with van der Waals surface area (Å²) >= 11 is 0. The highest BCUT2D eigenvalue weighted by atomic mass is 19.4. The molecule has 0 saturated heterocycles. The summed E-state index contributed by atoms with van der Waals surface area (Å²) < 4.78 is 35.7. The van der Waals surface area contributed by atoms with E-state index in [1.165, 1.54) is 6.08 Å².